The lowest BCUT2D eigenvalue weighted by atomic mass is 10.1. The summed E-state index contributed by atoms with van der Waals surface area (Å²) in [5.74, 6) is 0. The van der Waals surface area contributed by atoms with Gasteiger partial charge in [0.05, 0.1) is 12.1 Å². The summed E-state index contributed by atoms with van der Waals surface area (Å²) in [6.07, 6.45) is 3.42. The lowest BCUT2D eigenvalue weighted by molar-refractivity contribution is 0.192. The van der Waals surface area contributed by atoms with Crippen LogP contribution in [0.5, 0.6) is 0 Å². The number of carbonyl (C=O) groups is 1. The molecule has 0 atom stereocenters. The highest BCUT2D eigenvalue weighted by Gasteiger charge is 2.16. The maximum atomic E-state index is 12.6. The second-order valence-electron chi connectivity index (χ2n) is 6.72. The Kier molecular flexibility index (Phi) is 5.54. The number of aryl methyl sites for hydroxylation is 2. The lowest BCUT2D eigenvalue weighted by Crippen LogP contribution is -2.40. The molecule has 0 unspecified atom stereocenters. The summed E-state index contributed by atoms with van der Waals surface area (Å²) in [6.45, 7) is 7.00. The average Bonchev–Trinajstić information content (AvgIpc) is 2.63. The molecule has 0 radical (unpaired) electrons. The van der Waals surface area contributed by atoms with Gasteiger partial charge in [-0.2, -0.15) is 0 Å². The van der Waals surface area contributed by atoms with Crippen LogP contribution in [0.4, 0.5) is 4.79 Å². The Balaban J connectivity index is 1.96. The van der Waals surface area contributed by atoms with Crippen molar-refractivity contribution in [1.82, 2.24) is 20.2 Å². The van der Waals surface area contributed by atoms with Gasteiger partial charge < -0.3 is 15.2 Å². The number of rotatable bonds is 5. The monoisotopic (exact) mass is 364 g/mol. The summed E-state index contributed by atoms with van der Waals surface area (Å²) in [4.78, 5) is 33.8. The molecule has 2 amide bonds. The van der Waals surface area contributed by atoms with Gasteiger partial charge in [-0.05, 0) is 55.5 Å². The van der Waals surface area contributed by atoms with E-state index in [1.807, 2.05) is 51.1 Å². The predicted octanol–water partition coefficient (Wildman–Crippen LogP) is 3.27. The Hall–Kier alpha value is -3.15. The van der Waals surface area contributed by atoms with Crippen LogP contribution in [0.2, 0.25) is 0 Å². The second kappa shape index (κ2) is 8.03. The van der Waals surface area contributed by atoms with Gasteiger partial charge in [-0.1, -0.05) is 17.7 Å². The van der Waals surface area contributed by atoms with Crippen molar-refractivity contribution in [3.63, 3.8) is 0 Å². The van der Waals surface area contributed by atoms with Gasteiger partial charge in [0.15, 0.2) is 0 Å². The van der Waals surface area contributed by atoms with Gasteiger partial charge in [-0.3, -0.25) is 9.78 Å². The topological polar surface area (TPSA) is 78.1 Å². The molecule has 0 aliphatic heterocycles. The first kappa shape index (κ1) is 18.6. The van der Waals surface area contributed by atoms with Crippen LogP contribution in [0.25, 0.3) is 10.9 Å². The minimum atomic E-state index is -0.207. The van der Waals surface area contributed by atoms with Crippen LogP contribution < -0.4 is 10.9 Å². The van der Waals surface area contributed by atoms with Crippen molar-refractivity contribution in [2.45, 2.75) is 33.9 Å². The number of amides is 2. The number of nitrogens with one attached hydrogen (secondary N) is 2. The van der Waals surface area contributed by atoms with E-state index in [1.54, 1.807) is 17.3 Å². The van der Waals surface area contributed by atoms with Crippen molar-refractivity contribution in [1.29, 1.82) is 0 Å². The predicted molar refractivity (Wildman–Crippen MR) is 107 cm³/mol. The summed E-state index contributed by atoms with van der Waals surface area (Å²) >= 11 is 0. The second-order valence-corrected chi connectivity index (χ2v) is 6.72. The highest BCUT2D eigenvalue weighted by molar-refractivity contribution is 5.83. The number of hydrogen-bond donors (Lipinski definition) is 2. The van der Waals surface area contributed by atoms with Crippen LogP contribution in [0.1, 0.15) is 29.2 Å². The van der Waals surface area contributed by atoms with Gasteiger partial charge in [-0.15, -0.1) is 0 Å². The number of carbonyl (C=O) groups excluding carboxylic acids is 1. The largest absolute Gasteiger partial charge is 0.338 e. The van der Waals surface area contributed by atoms with Crippen LogP contribution in [0, 0.1) is 13.8 Å². The molecule has 2 aromatic heterocycles. The fourth-order valence-corrected chi connectivity index (χ4v) is 3.23. The molecule has 0 aliphatic rings. The Morgan fingerprint density at radius 3 is 2.74 bits per heavy atom. The van der Waals surface area contributed by atoms with Crippen molar-refractivity contribution in [3.05, 3.63) is 75.3 Å². The molecule has 1 aromatic carbocycles. The fourth-order valence-electron chi connectivity index (χ4n) is 3.23. The van der Waals surface area contributed by atoms with Gasteiger partial charge in [0, 0.05) is 31.0 Å². The van der Waals surface area contributed by atoms with E-state index >= 15 is 0 Å². The zero-order valence-electron chi connectivity index (χ0n) is 15.9. The van der Waals surface area contributed by atoms with E-state index in [-0.39, 0.29) is 18.1 Å². The molecule has 0 bridgehead atoms. The number of nitrogens with zero attached hydrogens (tertiary/aromatic N) is 2. The summed E-state index contributed by atoms with van der Waals surface area (Å²) in [6, 6.07) is 9.50. The number of fused-ring (bicyclic) bond motifs is 1. The van der Waals surface area contributed by atoms with Gasteiger partial charge in [0.25, 0.3) is 5.56 Å². The van der Waals surface area contributed by atoms with Gasteiger partial charge in [0.1, 0.15) is 0 Å². The zero-order chi connectivity index (χ0) is 19.4. The van der Waals surface area contributed by atoms with Crippen molar-refractivity contribution in [2.75, 3.05) is 6.54 Å². The Bertz CT molecular complexity index is 1010. The number of H-pyrrole nitrogens is 1. The number of hydrogen-bond acceptors (Lipinski definition) is 3. The molecule has 2 N–H and O–H groups in total. The quantitative estimate of drug-likeness (QED) is 0.729. The number of urea groups is 1. The zero-order valence-corrected chi connectivity index (χ0v) is 15.9. The van der Waals surface area contributed by atoms with Gasteiger partial charge in [-0.25, -0.2) is 4.79 Å². The third kappa shape index (κ3) is 4.34. The Labute approximate surface area is 158 Å². The molecular weight excluding hydrogens is 340 g/mol. The van der Waals surface area contributed by atoms with E-state index in [0.29, 0.717) is 18.7 Å². The van der Waals surface area contributed by atoms with Crippen molar-refractivity contribution in [2.24, 2.45) is 0 Å². The van der Waals surface area contributed by atoms with Crippen LogP contribution in [0.3, 0.4) is 0 Å². The number of pyridine rings is 2. The average molecular weight is 364 g/mol. The summed E-state index contributed by atoms with van der Waals surface area (Å²) in [5.41, 5.74) is 4.30. The van der Waals surface area contributed by atoms with Crippen LogP contribution >= 0.6 is 0 Å². The molecule has 2 heterocycles. The smallest absolute Gasteiger partial charge is 0.317 e. The normalized spacial score (nSPS) is 10.8. The summed E-state index contributed by atoms with van der Waals surface area (Å²) < 4.78 is 0. The first-order valence-corrected chi connectivity index (χ1v) is 9.02. The van der Waals surface area contributed by atoms with Gasteiger partial charge in [0.2, 0.25) is 0 Å². The minimum absolute atomic E-state index is 0.171. The molecule has 0 saturated carbocycles. The third-order valence-corrected chi connectivity index (χ3v) is 4.44. The first-order chi connectivity index (χ1) is 13.0. The minimum Gasteiger partial charge on any atom is -0.338 e. The first-order valence-electron chi connectivity index (χ1n) is 9.02. The highest BCUT2D eigenvalue weighted by atomic mass is 16.2. The molecule has 0 aliphatic carbocycles. The van der Waals surface area contributed by atoms with E-state index in [0.717, 1.165) is 27.6 Å². The number of benzene rings is 1. The summed E-state index contributed by atoms with van der Waals surface area (Å²) in [7, 11) is 0. The SMILES string of the molecule is CCNC(=O)N(Cc1cccnc1)Cc1cc2cc(C)cc(C)c2[nH]c1=O. The third-order valence-electron chi connectivity index (χ3n) is 4.44. The van der Waals surface area contributed by atoms with E-state index in [4.69, 9.17) is 0 Å². The van der Waals surface area contributed by atoms with Crippen molar-refractivity contribution >= 4 is 16.9 Å². The van der Waals surface area contributed by atoms with Gasteiger partial charge >= 0.3 is 6.03 Å². The molecule has 6 heteroatoms. The maximum Gasteiger partial charge on any atom is 0.317 e. The maximum absolute atomic E-state index is 12.6. The van der Waals surface area contributed by atoms with Crippen LogP contribution in [0.15, 0.2) is 47.5 Å². The van der Waals surface area contributed by atoms with E-state index < -0.39 is 0 Å². The fraction of sp³-hybridized carbons (Fsp3) is 0.286. The molecule has 6 nitrogen and oxygen atoms in total. The Morgan fingerprint density at radius 1 is 1.22 bits per heavy atom. The number of aromatic nitrogens is 2. The van der Waals surface area contributed by atoms with Crippen LogP contribution in [-0.2, 0) is 13.1 Å². The molecule has 3 aromatic rings. The van der Waals surface area contributed by atoms with E-state index in [9.17, 15) is 9.59 Å². The highest BCUT2D eigenvalue weighted by Crippen LogP contribution is 2.19. The molecule has 27 heavy (non-hydrogen) atoms. The van der Waals surface area contributed by atoms with Crippen molar-refractivity contribution in [3.8, 4) is 0 Å². The lowest BCUT2D eigenvalue weighted by Gasteiger charge is -2.23. The number of aromatic amines is 1. The molecule has 3 rings (SSSR count). The standard InChI is InChI=1S/C21H24N4O2/c1-4-23-21(27)25(12-16-6-5-7-22-11-16)13-18-10-17-9-14(2)8-15(3)19(17)24-20(18)26/h5-11H,4,12-13H2,1-3H3,(H,23,27)(H,24,26). The summed E-state index contributed by atoms with van der Waals surface area (Å²) in [5, 5.41) is 3.79. The molecule has 0 fully saturated rings. The molecule has 0 saturated heterocycles. The van der Waals surface area contributed by atoms with E-state index in [2.05, 4.69) is 15.3 Å². The molecule has 140 valence electrons. The molecular formula is C21H24N4O2. The Morgan fingerprint density at radius 2 is 2.04 bits per heavy atom. The molecule has 0 spiro atoms. The van der Waals surface area contributed by atoms with E-state index in [1.165, 1.54) is 0 Å². The van der Waals surface area contributed by atoms with Crippen molar-refractivity contribution < 1.29 is 4.79 Å². The van der Waals surface area contributed by atoms with Crippen LogP contribution in [-0.4, -0.2) is 27.4 Å².